The average molecular weight is 147 g/mol. The second-order valence-electron chi connectivity index (χ2n) is 2.29. The van der Waals surface area contributed by atoms with Crippen molar-refractivity contribution < 1.29 is 14.6 Å². The van der Waals surface area contributed by atoms with Crippen molar-refractivity contribution in [3.8, 4) is 0 Å². The van der Waals surface area contributed by atoms with Gasteiger partial charge in [-0.3, -0.25) is 4.79 Å². The van der Waals surface area contributed by atoms with Gasteiger partial charge in [-0.1, -0.05) is 0 Å². The SMILES string of the molecule is CNC(=O)C(C)(O)COC. The summed E-state index contributed by atoms with van der Waals surface area (Å²) < 4.78 is 4.62. The first kappa shape index (κ1) is 9.39. The minimum absolute atomic E-state index is 0.00662. The molecule has 10 heavy (non-hydrogen) atoms. The van der Waals surface area contributed by atoms with E-state index in [1.165, 1.54) is 21.1 Å². The molecule has 2 N–H and O–H groups in total. The number of amides is 1. The lowest BCUT2D eigenvalue weighted by Crippen LogP contribution is -2.46. The highest BCUT2D eigenvalue weighted by Gasteiger charge is 2.28. The summed E-state index contributed by atoms with van der Waals surface area (Å²) in [5.41, 5.74) is -1.41. The summed E-state index contributed by atoms with van der Waals surface area (Å²) in [4.78, 5) is 10.8. The van der Waals surface area contributed by atoms with Gasteiger partial charge in [0, 0.05) is 14.2 Å². The lowest BCUT2D eigenvalue weighted by atomic mass is 10.1. The summed E-state index contributed by atoms with van der Waals surface area (Å²) in [7, 11) is 2.89. The van der Waals surface area contributed by atoms with Crippen molar-refractivity contribution in [2.24, 2.45) is 0 Å². The Hall–Kier alpha value is -0.610. The minimum atomic E-state index is -1.41. The van der Waals surface area contributed by atoms with Crippen molar-refractivity contribution in [1.29, 1.82) is 0 Å². The summed E-state index contributed by atoms with van der Waals surface area (Å²) in [6.07, 6.45) is 0. The topological polar surface area (TPSA) is 58.6 Å². The molecule has 0 aromatic carbocycles. The van der Waals surface area contributed by atoms with E-state index in [0.29, 0.717) is 0 Å². The van der Waals surface area contributed by atoms with Gasteiger partial charge in [0.15, 0.2) is 5.60 Å². The van der Waals surface area contributed by atoms with E-state index in [4.69, 9.17) is 0 Å². The normalized spacial score (nSPS) is 16.0. The van der Waals surface area contributed by atoms with E-state index in [9.17, 15) is 9.90 Å². The van der Waals surface area contributed by atoms with Crippen LogP contribution in [-0.4, -0.2) is 37.4 Å². The van der Waals surface area contributed by atoms with Gasteiger partial charge in [-0.15, -0.1) is 0 Å². The first-order chi connectivity index (χ1) is 4.54. The summed E-state index contributed by atoms with van der Waals surface area (Å²) in [5, 5.41) is 11.6. The summed E-state index contributed by atoms with van der Waals surface area (Å²) in [6.45, 7) is 1.40. The van der Waals surface area contributed by atoms with Gasteiger partial charge in [-0.05, 0) is 6.92 Å². The molecule has 1 unspecified atom stereocenters. The largest absolute Gasteiger partial charge is 0.381 e. The Kier molecular flexibility index (Phi) is 3.32. The van der Waals surface area contributed by atoms with E-state index in [2.05, 4.69) is 10.1 Å². The Bertz CT molecular complexity index is 122. The van der Waals surface area contributed by atoms with Gasteiger partial charge in [-0.25, -0.2) is 0 Å². The number of rotatable bonds is 3. The number of nitrogens with one attached hydrogen (secondary N) is 1. The number of ether oxygens (including phenoxy) is 1. The quantitative estimate of drug-likeness (QED) is 0.545. The fraction of sp³-hybridized carbons (Fsp3) is 0.833. The van der Waals surface area contributed by atoms with Crippen LogP contribution in [0.4, 0.5) is 0 Å². The van der Waals surface area contributed by atoms with Crippen LogP contribution in [0, 0.1) is 0 Å². The molecule has 0 bridgehead atoms. The lowest BCUT2D eigenvalue weighted by Gasteiger charge is -2.19. The van der Waals surface area contributed by atoms with Crippen LogP contribution < -0.4 is 5.32 Å². The van der Waals surface area contributed by atoms with Gasteiger partial charge < -0.3 is 15.2 Å². The van der Waals surface area contributed by atoms with E-state index in [-0.39, 0.29) is 6.61 Å². The van der Waals surface area contributed by atoms with Crippen LogP contribution in [-0.2, 0) is 9.53 Å². The number of aliphatic hydroxyl groups is 1. The molecule has 1 atom stereocenters. The van der Waals surface area contributed by atoms with E-state index in [1.54, 1.807) is 0 Å². The zero-order chi connectivity index (χ0) is 8.20. The average Bonchev–Trinajstić information content (AvgIpc) is 1.86. The Balaban J connectivity index is 3.96. The van der Waals surface area contributed by atoms with Gasteiger partial charge in [0.1, 0.15) is 0 Å². The first-order valence-corrected chi connectivity index (χ1v) is 2.98. The molecule has 0 saturated carbocycles. The zero-order valence-corrected chi connectivity index (χ0v) is 6.47. The fourth-order valence-corrected chi connectivity index (χ4v) is 0.616. The van der Waals surface area contributed by atoms with E-state index in [0.717, 1.165) is 0 Å². The maximum atomic E-state index is 10.8. The zero-order valence-electron chi connectivity index (χ0n) is 6.47. The maximum absolute atomic E-state index is 10.8. The van der Waals surface area contributed by atoms with Gasteiger partial charge in [0.25, 0.3) is 5.91 Å². The van der Waals surface area contributed by atoms with Crippen LogP contribution in [0.5, 0.6) is 0 Å². The molecule has 4 heteroatoms. The number of methoxy groups -OCH3 is 1. The van der Waals surface area contributed by atoms with Crippen molar-refractivity contribution in [3.05, 3.63) is 0 Å². The molecule has 0 heterocycles. The number of carbonyl (C=O) groups is 1. The number of hydrogen-bond acceptors (Lipinski definition) is 3. The molecule has 0 aliphatic rings. The predicted molar refractivity (Wildman–Crippen MR) is 36.6 cm³/mol. The standard InChI is InChI=1S/C6H13NO3/c1-6(9,4-10-3)5(8)7-2/h9H,4H2,1-3H3,(H,7,8). The van der Waals surface area contributed by atoms with E-state index in [1.807, 2.05) is 0 Å². The third-order valence-corrected chi connectivity index (χ3v) is 1.14. The summed E-state index contributed by atoms with van der Waals surface area (Å²) in [5.74, 6) is -0.436. The third-order valence-electron chi connectivity index (χ3n) is 1.14. The van der Waals surface area contributed by atoms with Crippen LogP contribution in [0.2, 0.25) is 0 Å². The van der Waals surface area contributed by atoms with Crippen molar-refractivity contribution >= 4 is 5.91 Å². The van der Waals surface area contributed by atoms with Crippen LogP contribution in [0.25, 0.3) is 0 Å². The third kappa shape index (κ3) is 2.33. The van der Waals surface area contributed by atoms with Gasteiger partial charge in [0.2, 0.25) is 0 Å². The predicted octanol–water partition coefficient (Wildman–Crippen LogP) is -0.870. The lowest BCUT2D eigenvalue weighted by molar-refractivity contribution is -0.142. The summed E-state index contributed by atoms with van der Waals surface area (Å²) >= 11 is 0. The number of carbonyl (C=O) groups excluding carboxylic acids is 1. The van der Waals surface area contributed by atoms with Crippen molar-refractivity contribution in [2.45, 2.75) is 12.5 Å². The summed E-state index contributed by atoms with van der Waals surface area (Å²) in [6, 6.07) is 0. The van der Waals surface area contributed by atoms with Crippen LogP contribution in [0.3, 0.4) is 0 Å². The number of likely N-dealkylation sites (N-methyl/N-ethyl adjacent to an activating group) is 1. The smallest absolute Gasteiger partial charge is 0.253 e. The van der Waals surface area contributed by atoms with Gasteiger partial charge in [-0.2, -0.15) is 0 Å². The molecule has 0 fully saturated rings. The minimum Gasteiger partial charge on any atom is -0.381 e. The molecule has 4 nitrogen and oxygen atoms in total. The van der Waals surface area contributed by atoms with Crippen LogP contribution >= 0.6 is 0 Å². The molecule has 0 aromatic rings. The molecule has 0 spiro atoms. The second kappa shape index (κ2) is 3.53. The van der Waals surface area contributed by atoms with Gasteiger partial charge in [0.05, 0.1) is 6.61 Å². The molecule has 0 radical (unpaired) electrons. The Labute approximate surface area is 60.2 Å². The molecule has 1 amide bonds. The van der Waals surface area contributed by atoms with Gasteiger partial charge >= 0.3 is 0 Å². The molecule has 0 aromatic heterocycles. The van der Waals surface area contributed by atoms with Crippen molar-refractivity contribution in [1.82, 2.24) is 5.32 Å². The van der Waals surface area contributed by atoms with E-state index < -0.39 is 11.5 Å². The Morgan fingerprint density at radius 3 is 2.60 bits per heavy atom. The monoisotopic (exact) mass is 147 g/mol. The first-order valence-electron chi connectivity index (χ1n) is 2.98. The van der Waals surface area contributed by atoms with Crippen LogP contribution in [0.15, 0.2) is 0 Å². The molecular weight excluding hydrogens is 134 g/mol. The highest BCUT2D eigenvalue weighted by molar-refractivity contribution is 5.84. The molecule has 0 saturated heterocycles. The second-order valence-corrected chi connectivity index (χ2v) is 2.29. The molecular formula is C6H13NO3. The Morgan fingerprint density at radius 1 is 1.80 bits per heavy atom. The van der Waals surface area contributed by atoms with E-state index >= 15 is 0 Å². The fourth-order valence-electron chi connectivity index (χ4n) is 0.616. The molecule has 0 aliphatic carbocycles. The highest BCUT2D eigenvalue weighted by atomic mass is 16.5. The molecule has 0 aliphatic heterocycles. The molecule has 0 rings (SSSR count). The van der Waals surface area contributed by atoms with Crippen molar-refractivity contribution in [2.75, 3.05) is 20.8 Å². The van der Waals surface area contributed by atoms with Crippen LogP contribution in [0.1, 0.15) is 6.92 Å². The Morgan fingerprint density at radius 2 is 2.30 bits per heavy atom. The highest BCUT2D eigenvalue weighted by Crippen LogP contribution is 2.01. The van der Waals surface area contributed by atoms with Crippen molar-refractivity contribution in [3.63, 3.8) is 0 Å². The molecule has 60 valence electrons. The maximum Gasteiger partial charge on any atom is 0.253 e. The number of hydrogen-bond donors (Lipinski definition) is 2.